The summed E-state index contributed by atoms with van der Waals surface area (Å²) < 4.78 is 9.04. The lowest BCUT2D eigenvalue weighted by molar-refractivity contribution is 0.418. The highest BCUT2D eigenvalue weighted by Gasteiger charge is 2.34. The van der Waals surface area contributed by atoms with E-state index in [1.807, 2.05) is 0 Å². The first kappa shape index (κ1) is 28.7. The van der Waals surface area contributed by atoms with Crippen molar-refractivity contribution in [2.45, 2.75) is 19.3 Å². The number of aromatic nitrogens is 1. The van der Waals surface area contributed by atoms with E-state index >= 15 is 0 Å². The number of nitrogens with zero attached hydrogens (tertiary/aromatic N) is 2. The van der Waals surface area contributed by atoms with Gasteiger partial charge in [0, 0.05) is 56.1 Å². The van der Waals surface area contributed by atoms with Crippen LogP contribution in [-0.2, 0) is 5.41 Å². The lowest BCUT2D eigenvalue weighted by atomic mass is 9.76. The van der Waals surface area contributed by atoms with Crippen LogP contribution in [0.4, 0.5) is 17.1 Å². The molecular formula is C47H34N2O. The van der Waals surface area contributed by atoms with Crippen LogP contribution in [0.15, 0.2) is 170 Å². The van der Waals surface area contributed by atoms with Crippen LogP contribution >= 0.6 is 0 Å². The maximum Gasteiger partial charge on any atom is 0.133 e. The lowest BCUT2D eigenvalue weighted by Crippen LogP contribution is -2.24. The molecule has 10 rings (SSSR count). The summed E-state index contributed by atoms with van der Waals surface area (Å²) in [4.78, 5) is 2.37. The highest BCUT2D eigenvalue weighted by atomic mass is 16.5. The fraction of sp³-hybridized carbons (Fsp3) is 0.0638. The quantitative estimate of drug-likeness (QED) is 0.190. The highest BCUT2D eigenvalue weighted by Crippen LogP contribution is 2.50. The molecule has 0 radical (unpaired) electrons. The largest absolute Gasteiger partial charge is 0.457 e. The first-order chi connectivity index (χ1) is 24.5. The van der Waals surface area contributed by atoms with Crippen LogP contribution in [0.5, 0.6) is 11.5 Å². The van der Waals surface area contributed by atoms with Gasteiger partial charge in [-0.1, -0.05) is 117 Å². The molecule has 238 valence electrons. The van der Waals surface area contributed by atoms with Crippen molar-refractivity contribution in [3.05, 3.63) is 181 Å². The van der Waals surface area contributed by atoms with Gasteiger partial charge in [0.2, 0.25) is 0 Å². The summed E-state index contributed by atoms with van der Waals surface area (Å²) in [5, 5.41) is 7.38. The Morgan fingerprint density at radius 2 is 1.08 bits per heavy atom. The molecule has 0 amide bonds. The van der Waals surface area contributed by atoms with Crippen LogP contribution in [-0.4, -0.2) is 4.57 Å². The topological polar surface area (TPSA) is 17.4 Å². The summed E-state index contributed by atoms with van der Waals surface area (Å²) >= 11 is 0. The molecule has 0 atom stereocenters. The Bertz CT molecular complexity index is 2770. The molecule has 0 unspecified atom stereocenters. The lowest BCUT2D eigenvalue weighted by Gasteiger charge is -2.35. The van der Waals surface area contributed by atoms with Gasteiger partial charge in [-0.2, -0.15) is 0 Å². The molecule has 0 bridgehead atoms. The van der Waals surface area contributed by atoms with E-state index in [2.05, 4.69) is 193 Å². The van der Waals surface area contributed by atoms with Crippen molar-refractivity contribution >= 4 is 60.4 Å². The molecule has 0 N–H and O–H groups in total. The maximum absolute atomic E-state index is 6.64. The van der Waals surface area contributed by atoms with E-state index in [9.17, 15) is 0 Å². The first-order valence-corrected chi connectivity index (χ1v) is 17.3. The van der Waals surface area contributed by atoms with Crippen molar-refractivity contribution in [2.75, 3.05) is 4.90 Å². The van der Waals surface area contributed by atoms with E-state index in [0.717, 1.165) is 34.2 Å². The van der Waals surface area contributed by atoms with Gasteiger partial charge in [0.15, 0.2) is 0 Å². The third-order valence-electron chi connectivity index (χ3n) is 10.6. The molecule has 0 aliphatic carbocycles. The second-order valence-corrected chi connectivity index (χ2v) is 13.8. The maximum atomic E-state index is 6.64. The Labute approximate surface area is 291 Å². The number of benzene rings is 8. The zero-order chi connectivity index (χ0) is 33.4. The van der Waals surface area contributed by atoms with Crippen molar-refractivity contribution in [3.63, 3.8) is 0 Å². The number of hydrogen-bond donors (Lipinski definition) is 0. The summed E-state index contributed by atoms with van der Waals surface area (Å²) in [5.74, 6) is 1.81. The van der Waals surface area contributed by atoms with Crippen LogP contribution in [0.1, 0.15) is 25.0 Å². The van der Waals surface area contributed by atoms with Crippen LogP contribution in [0.3, 0.4) is 0 Å². The molecule has 0 saturated heterocycles. The Balaban J connectivity index is 1.24. The average Bonchev–Trinajstić information content (AvgIpc) is 3.49. The summed E-state index contributed by atoms with van der Waals surface area (Å²) in [7, 11) is 0. The monoisotopic (exact) mass is 642 g/mol. The van der Waals surface area contributed by atoms with Gasteiger partial charge in [-0.3, -0.25) is 0 Å². The fourth-order valence-electron chi connectivity index (χ4n) is 8.12. The smallest absolute Gasteiger partial charge is 0.133 e. The van der Waals surface area contributed by atoms with Gasteiger partial charge in [0.05, 0.1) is 11.0 Å². The Hall–Kier alpha value is -6.32. The zero-order valence-electron chi connectivity index (χ0n) is 28.0. The van der Waals surface area contributed by atoms with E-state index in [4.69, 9.17) is 4.74 Å². The number of rotatable bonds is 4. The fourth-order valence-corrected chi connectivity index (χ4v) is 8.12. The molecule has 0 spiro atoms. The van der Waals surface area contributed by atoms with Crippen molar-refractivity contribution < 1.29 is 4.74 Å². The molecule has 1 aromatic heterocycles. The van der Waals surface area contributed by atoms with Gasteiger partial charge in [-0.25, -0.2) is 0 Å². The first-order valence-electron chi connectivity index (χ1n) is 17.3. The Morgan fingerprint density at radius 1 is 0.460 bits per heavy atom. The third kappa shape index (κ3) is 4.30. The number of fused-ring (bicyclic) bond motifs is 8. The van der Waals surface area contributed by atoms with Gasteiger partial charge >= 0.3 is 0 Å². The molecule has 0 fully saturated rings. The van der Waals surface area contributed by atoms with Crippen LogP contribution in [0.25, 0.3) is 49.0 Å². The van der Waals surface area contributed by atoms with Gasteiger partial charge in [0.25, 0.3) is 0 Å². The second-order valence-electron chi connectivity index (χ2n) is 13.8. The summed E-state index contributed by atoms with van der Waals surface area (Å²) in [6.45, 7) is 4.57. The summed E-state index contributed by atoms with van der Waals surface area (Å²) in [6.07, 6.45) is 0. The SMILES string of the molecule is CC1(C)c2ccccc2Oc2cc(N(c3ccc4ccccc4c3)c3ccc4c(c3)c3c5ccccc5ccc3n4-c3ccccc3)ccc21. The molecule has 3 nitrogen and oxygen atoms in total. The average molecular weight is 643 g/mol. The minimum atomic E-state index is -0.185. The molecule has 50 heavy (non-hydrogen) atoms. The van der Waals surface area contributed by atoms with E-state index in [-0.39, 0.29) is 5.41 Å². The van der Waals surface area contributed by atoms with Crippen LogP contribution in [0.2, 0.25) is 0 Å². The molecule has 3 heteroatoms. The molecule has 1 aliphatic rings. The van der Waals surface area contributed by atoms with Gasteiger partial charge in [0.1, 0.15) is 11.5 Å². The summed E-state index contributed by atoms with van der Waals surface area (Å²) in [6, 6.07) is 61.3. The van der Waals surface area contributed by atoms with E-state index < -0.39 is 0 Å². The van der Waals surface area contributed by atoms with Gasteiger partial charge < -0.3 is 14.2 Å². The van der Waals surface area contributed by atoms with E-state index in [1.165, 1.54) is 54.5 Å². The van der Waals surface area contributed by atoms with Gasteiger partial charge in [-0.15, -0.1) is 0 Å². The molecule has 0 saturated carbocycles. The third-order valence-corrected chi connectivity index (χ3v) is 10.6. The van der Waals surface area contributed by atoms with Gasteiger partial charge in [-0.05, 0) is 82.2 Å². The number of para-hydroxylation sites is 2. The van der Waals surface area contributed by atoms with E-state index in [1.54, 1.807) is 0 Å². The normalized spacial score (nSPS) is 13.3. The second kappa shape index (κ2) is 10.8. The van der Waals surface area contributed by atoms with Crippen molar-refractivity contribution in [1.29, 1.82) is 0 Å². The predicted octanol–water partition coefficient (Wildman–Crippen LogP) is 13.0. The van der Waals surface area contributed by atoms with Crippen molar-refractivity contribution in [2.24, 2.45) is 0 Å². The molecule has 2 heterocycles. The van der Waals surface area contributed by atoms with Crippen LogP contribution in [0, 0.1) is 0 Å². The van der Waals surface area contributed by atoms with E-state index in [0.29, 0.717) is 0 Å². The zero-order valence-corrected chi connectivity index (χ0v) is 28.0. The summed E-state index contributed by atoms with van der Waals surface area (Å²) in [5.41, 5.74) is 8.96. The highest BCUT2D eigenvalue weighted by molar-refractivity contribution is 6.22. The minimum absolute atomic E-state index is 0.185. The number of ether oxygens (including phenoxy) is 1. The Kier molecular flexibility index (Phi) is 6.22. The molecular weight excluding hydrogens is 609 g/mol. The molecule has 8 aromatic carbocycles. The number of hydrogen-bond acceptors (Lipinski definition) is 2. The van der Waals surface area contributed by atoms with Crippen LogP contribution < -0.4 is 9.64 Å². The Morgan fingerprint density at radius 3 is 1.96 bits per heavy atom. The minimum Gasteiger partial charge on any atom is -0.457 e. The van der Waals surface area contributed by atoms with Crippen molar-refractivity contribution in [3.8, 4) is 17.2 Å². The predicted molar refractivity (Wildman–Crippen MR) is 209 cm³/mol. The standard InChI is InChI=1S/C47H34N2O/c1-47(2)40-18-10-11-19-44(40)50-45-30-37(23-25-41(45)47)48(35-22-20-31-12-6-7-14-33(31)28-35)36-24-27-42-39(29-36)46-38-17-9-8-13-32(38)21-26-43(46)49(42)34-15-4-3-5-16-34/h3-30H,1-2H3. The van der Waals surface area contributed by atoms with Crippen molar-refractivity contribution in [1.82, 2.24) is 4.57 Å². The number of anilines is 3. The molecule has 1 aliphatic heterocycles. The molecule has 9 aromatic rings.